The number of anilines is 3. The third-order valence-corrected chi connectivity index (χ3v) is 6.35. The van der Waals surface area contributed by atoms with Gasteiger partial charge in [-0.3, -0.25) is 19.2 Å². The highest BCUT2D eigenvalue weighted by atomic mass is 35.5. The van der Waals surface area contributed by atoms with E-state index in [1.54, 1.807) is 48.5 Å². The van der Waals surface area contributed by atoms with Gasteiger partial charge in [0.25, 0.3) is 23.6 Å². The number of thiophene rings is 1. The second-order valence-electron chi connectivity index (χ2n) is 7.21. The minimum atomic E-state index is -0.456. The summed E-state index contributed by atoms with van der Waals surface area (Å²) in [5.41, 5.74) is 1.23. The van der Waals surface area contributed by atoms with Crippen LogP contribution in [-0.4, -0.2) is 23.6 Å². The maximum atomic E-state index is 12.7. The van der Waals surface area contributed by atoms with Crippen molar-refractivity contribution in [2.24, 2.45) is 0 Å². The summed E-state index contributed by atoms with van der Waals surface area (Å²) in [4.78, 5) is 51.5. The van der Waals surface area contributed by atoms with Crippen LogP contribution >= 0.6 is 22.9 Å². The molecular weight excluding hydrogens is 478 g/mol. The van der Waals surface area contributed by atoms with Crippen molar-refractivity contribution in [2.45, 2.75) is 0 Å². The Kier molecular flexibility index (Phi) is 5.48. The number of amides is 4. The van der Waals surface area contributed by atoms with Gasteiger partial charge in [0.15, 0.2) is 5.76 Å². The Hall–Kier alpha value is -4.21. The molecule has 0 fully saturated rings. The molecule has 0 saturated carbocycles. The second-order valence-corrected chi connectivity index (χ2v) is 8.70. The molecule has 0 unspecified atom stereocenters. The van der Waals surface area contributed by atoms with Crippen LogP contribution in [0.25, 0.3) is 0 Å². The lowest BCUT2D eigenvalue weighted by Crippen LogP contribution is -2.29. The number of halogens is 1. The van der Waals surface area contributed by atoms with Gasteiger partial charge in [0.1, 0.15) is 0 Å². The molecule has 0 bridgehead atoms. The fourth-order valence-corrected chi connectivity index (χ4v) is 4.54. The Balaban J connectivity index is 1.29. The lowest BCUT2D eigenvalue weighted by Gasteiger charge is -2.16. The van der Waals surface area contributed by atoms with Gasteiger partial charge < -0.3 is 15.1 Å². The van der Waals surface area contributed by atoms with E-state index in [2.05, 4.69) is 10.6 Å². The lowest BCUT2D eigenvalue weighted by molar-refractivity contribution is 0.0923. The van der Waals surface area contributed by atoms with Gasteiger partial charge in [-0.05, 0) is 54.6 Å². The van der Waals surface area contributed by atoms with E-state index in [0.717, 1.165) is 16.2 Å². The van der Waals surface area contributed by atoms with Gasteiger partial charge in [-0.25, -0.2) is 4.90 Å². The summed E-state index contributed by atoms with van der Waals surface area (Å²) in [6, 6.07) is 17.4. The number of hydrogen-bond donors (Lipinski definition) is 2. The smallest absolute Gasteiger partial charge is 0.291 e. The number of nitrogens with one attached hydrogen (secondary N) is 2. The zero-order valence-corrected chi connectivity index (χ0v) is 18.8. The molecule has 0 atom stereocenters. The van der Waals surface area contributed by atoms with E-state index in [4.69, 9.17) is 16.0 Å². The minimum Gasteiger partial charge on any atom is -0.459 e. The monoisotopic (exact) mass is 491 g/mol. The van der Waals surface area contributed by atoms with Crippen molar-refractivity contribution in [2.75, 3.05) is 15.5 Å². The van der Waals surface area contributed by atoms with Crippen LogP contribution in [0.1, 0.15) is 40.9 Å². The first-order chi connectivity index (χ1) is 16.4. The van der Waals surface area contributed by atoms with Crippen LogP contribution in [-0.2, 0) is 0 Å². The second kappa shape index (κ2) is 8.62. The van der Waals surface area contributed by atoms with Crippen LogP contribution in [0.2, 0.25) is 5.02 Å². The van der Waals surface area contributed by atoms with Crippen LogP contribution in [0, 0.1) is 0 Å². The number of imide groups is 1. The largest absolute Gasteiger partial charge is 0.459 e. The average Bonchev–Trinajstić information content (AvgIpc) is 3.57. The third kappa shape index (κ3) is 3.87. The average molecular weight is 492 g/mol. The molecule has 10 heteroatoms. The van der Waals surface area contributed by atoms with Gasteiger partial charge in [-0.1, -0.05) is 23.7 Å². The molecule has 0 saturated heterocycles. The Morgan fingerprint density at radius 1 is 0.853 bits per heavy atom. The highest BCUT2D eigenvalue weighted by molar-refractivity contribution is 7.18. The van der Waals surface area contributed by atoms with Crippen LogP contribution in [0.3, 0.4) is 0 Å². The first-order valence-electron chi connectivity index (χ1n) is 9.96. The molecule has 1 aliphatic heterocycles. The van der Waals surface area contributed by atoms with E-state index in [0.29, 0.717) is 26.7 Å². The topological polar surface area (TPSA) is 109 Å². The SMILES string of the molecule is O=C(Nc1ccc(C(=O)Nc2ccc(N3C(=O)c4ccccc4C3=O)c(Cl)c2)s1)c1ccco1. The van der Waals surface area contributed by atoms with E-state index in [1.165, 1.54) is 24.5 Å². The van der Waals surface area contributed by atoms with Crippen molar-refractivity contribution < 1.29 is 23.6 Å². The van der Waals surface area contributed by atoms with Crippen LogP contribution in [0.4, 0.5) is 16.4 Å². The molecule has 5 rings (SSSR count). The minimum absolute atomic E-state index is 0.130. The Bertz CT molecular complexity index is 1430. The van der Waals surface area contributed by atoms with Crippen molar-refractivity contribution >= 4 is 62.9 Å². The van der Waals surface area contributed by atoms with Gasteiger partial charge in [-0.2, -0.15) is 0 Å². The summed E-state index contributed by atoms with van der Waals surface area (Å²) in [6.45, 7) is 0. The summed E-state index contributed by atoms with van der Waals surface area (Å²) in [5.74, 6) is -1.58. The zero-order valence-electron chi connectivity index (χ0n) is 17.2. The molecular formula is C24H14ClN3O5S. The third-order valence-electron chi connectivity index (χ3n) is 5.05. The van der Waals surface area contributed by atoms with Crippen LogP contribution in [0.15, 0.2) is 77.4 Å². The number of fused-ring (bicyclic) bond motifs is 1. The van der Waals surface area contributed by atoms with Gasteiger partial charge in [0.2, 0.25) is 0 Å². The molecule has 0 aliphatic carbocycles. The highest BCUT2D eigenvalue weighted by Crippen LogP contribution is 2.35. The molecule has 168 valence electrons. The zero-order chi connectivity index (χ0) is 23.8. The molecule has 4 aromatic rings. The molecule has 0 radical (unpaired) electrons. The summed E-state index contributed by atoms with van der Waals surface area (Å²) >= 11 is 7.46. The fourth-order valence-electron chi connectivity index (χ4n) is 3.48. The van der Waals surface area contributed by atoms with Crippen molar-refractivity contribution in [1.29, 1.82) is 0 Å². The number of furan rings is 1. The predicted octanol–water partition coefficient (Wildman–Crippen LogP) is 5.30. The molecule has 4 amide bonds. The number of carbonyl (C=O) groups is 4. The summed E-state index contributed by atoms with van der Waals surface area (Å²) < 4.78 is 5.05. The molecule has 2 aromatic carbocycles. The van der Waals surface area contributed by atoms with E-state index < -0.39 is 23.6 Å². The van der Waals surface area contributed by atoms with Gasteiger partial charge in [-0.15, -0.1) is 11.3 Å². The molecule has 2 N–H and O–H groups in total. The molecule has 2 aromatic heterocycles. The maximum absolute atomic E-state index is 12.7. The van der Waals surface area contributed by atoms with Crippen molar-refractivity contribution in [3.63, 3.8) is 0 Å². The van der Waals surface area contributed by atoms with Gasteiger partial charge in [0, 0.05) is 5.69 Å². The molecule has 0 spiro atoms. The maximum Gasteiger partial charge on any atom is 0.291 e. The number of benzene rings is 2. The number of hydrogen-bond acceptors (Lipinski definition) is 6. The standard InChI is InChI=1S/C24H14ClN3O5S/c25-16-12-13(7-8-17(16)28-23(31)14-4-1-2-5-15(14)24(28)32)26-22(30)19-9-10-20(34-19)27-21(29)18-6-3-11-33-18/h1-12H,(H,26,30)(H,27,29). The quantitative estimate of drug-likeness (QED) is 0.368. The highest BCUT2D eigenvalue weighted by Gasteiger charge is 2.37. The number of rotatable bonds is 5. The Morgan fingerprint density at radius 2 is 1.59 bits per heavy atom. The van der Waals surface area contributed by atoms with Crippen molar-refractivity contribution in [3.05, 3.63) is 99.8 Å². The molecule has 34 heavy (non-hydrogen) atoms. The molecule has 1 aliphatic rings. The summed E-state index contributed by atoms with van der Waals surface area (Å²) in [6.07, 6.45) is 1.40. The van der Waals surface area contributed by atoms with Crippen molar-refractivity contribution in [3.8, 4) is 0 Å². The molecule has 3 heterocycles. The normalized spacial score (nSPS) is 12.6. The van der Waals surface area contributed by atoms with E-state index >= 15 is 0 Å². The Labute approximate surface area is 201 Å². The van der Waals surface area contributed by atoms with Crippen LogP contribution < -0.4 is 15.5 Å². The lowest BCUT2D eigenvalue weighted by atomic mass is 10.1. The predicted molar refractivity (Wildman–Crippen MR) is 128 cm³/mol. The molecule has 8 nitrogen and oxygen atoms in total. The fraction of sp³-hybridized carbons (Fsp3) is 0. The first-order valence-corrected chi connectivity index (χ1v) is 11.2. The number of nitrogens with zero attached hydrogens (tertiary/aromatic N) is 1. The Morgan fingerprint density at radius 3 is 2.24 bits per heavy atom. The summed E-state index contributed by atoms with van der Waals surface area (Å²) in [7, 11) is 0. The van der Waals surface area contributed by atoms with E-state index in [1.807, 2.05) is 0 Å². The number of carbonyl (C=O) groups excluding carboxylic acids is 4. The first kappa shape index (κ1) is 21.6. The van der Waals surface area contributed by atoms with Gasteiger partial charge in [0.05, 0.1) is 38.0 Å². The van der Waals surface area contributed by atoms with E-state index in [-0.39, 0.29) is 16.5 Å². The van der Waals surface area contributed by atoms with Crippen molar-refractivity contribution in [1.82, 2.24) is 0 Å². The van der Waals surface area contributed by atoms with Crippen LogP contribution in [0.5, 0.6) is 0 Å². The van der Waals surface area contributed by atoms with Gasteiger partial charge >= 0.3 is 0 Å². The summed E-state index contributed by atoms with van der Waals surface area (Å²) in [5, 5.41) is 5.99. The van der Waals surface area contributed by atoms with E-state index in [9.17, 15) is 19.2 Å².